The van der Waals surface area contributed by atoms with E-state index in [1.807, 2.05) is 13.1 Å². The van der Waals surface area contributed by atoms with Crippen LogP contribution in [0.25, 0.3) is 0 Å². The van der Waals surface area contributed by atoms with Gasteiger partial charge in [-0.05, 0) is 36.3 Å². The van der Waals surface area contributed by atoms with Crippen molar-refractivity contribution < 1.29 is 35.7 Å². The summed E-state index contributed by atoms with van der Waals surface area (Å²) in [5.41, 5.74) is 4.66. The molecule has 2 aliphatic rings. The van der Waals surface area contributed by atoms with E-state index in [-0.39, 0.29) is 28.1 Å². The Morgan fingerprint density at radius 1 is 1.13 bits per heavy atom. The first-order valence-electron chi connectivity index (χ1n) is 12.5. The number of carbonyl (C=O) groups excluding carboxylic acids is 1. The largest absolute Gasteiger partial charge is 0.464 e. The zero-order valence-electron chi connectivity index (χ0n) is 24.2. The maximum absolute atomic E-state index is 12.8. The Labute approximate surface area is 227 Å². The molecule has 1 aromatic heterocycles. The summed E-state index contributed by atoms with van der Waals surface area (Å²) < 4.78 is 57.2. The number of hydrogen-bond acceptors (Lipinski definition) is 11. The molecule has 1 fully saturated rings. The van der Waals surface area contributed by atoms with Gasteiger partial charge in [0, 0.05) is 0 Å². The second-order valence-electron chi connectivity index (χ2n) is 12.9. The predicted octanol–water partition coefficient (Wildman–Crippen LogP) is 3.27. The Bertz CT molecular complexity index is 1200. The van der Waals surface area contributed by atoms with Gasteiger partial charge < -0.3 is 24.1 Å². The first kappa shape index (κ1) is 30.9. The lowest BCUT2D eigenvalue weighted by molar-refractivity contribution is -0.0595. The van der Waals surface area contributed by atoms with Gasteiger partial charge in [0.05, 0.1) is 31.0 Å². The molecule has 1 saturated heterocycles. The standard InChI is InChI=1S/C23H42N4O8SSi2/c1-21(2,3)37(8,9)32-13-17-23(16(24)14-36(29,30)35-23)18(34-38(10,11)22(4,5)6)19(33-17)27-12-15(25-26-27)20(28)31-7/h12,14,17-19H,13,24H2,1-11H3/t17-,18+,19-,23-/m1/s1. The summed E-state index contributed by atoms with van der Waals surface area (Å²) in [5.74, 6) is -0.678. The number of nitrogens with two attached hydrogens (primary N) is 1. The van der Waals surface area contributed by atoms with Crippen LogP contribution < -0.4 is 5.73 Å². The predicted molar refractivity (Wildman–Crippen MR) is 145 cm³/mol. The molecule has 15 heteroatoms. The molecular weight excluding hydrogens is 549 g/mol. The number of esters is 1. The summed E-state index contributed by atoms with van der Waals surface area (Å²) in [6.07, 6.45) is -1.66. The molecule has 2 N–H and O–H groups in total. The van der Waals surface area contributed by atoms with Crippen molar-refractivity contribution in [3.8, 4) is 0 Å². The van der Waals surface area contributed by atoms with Crippen molar-refractivity contribution in [2.45, 2.75) is 102 Å². The van der Waals surface area contributed by atoms with E-state index in [9.17, 15) is 13.2 Å². The van der Waals surface area contributed by atoms with Gasteiger partial charge >= 0.3 is 5.97 Å². The molecule has 1 spiro atoms. The Kier molecular flexibility index (Phi) is 7.95. The average Bonchev–Trinajstić information content (AvgIpc) is 3.40. The van der Waals surface area contributed by atoms with Crippen LogP contribution in [0.4, 0.5) is 0 Å². The van der Waals surface area contributed by atoms with Crippen LogP contribution in [0.1, 0.15) is 58.3 Å². The van der Waals surface area contributed by atoms with E-state index in [0.717, 1.165) is 5.41 Å². The lowest BCUT2D eigenvalue weighted by Gasteiger charge is -2.43. The van der Waals surface area contributed by atoms with Crippen molar-refractivity contribution in [2.24, 2.45) is 5.73 Å². The van der Waals surface area contributed by atoms with Crippen LogP contribution in [0.15, 0.2) is 17.3 Å². The first-order chi connectivity index (χ1) is 17.1. The van der Waals surface area contributed by atoms with Gasteiger partial charge in [-0.1, -0.05) is 46.8 Å². The van der Waals surface area contributed by atoms with Gasteiger partial charge in [0.25, 0.3) is 10.1 Å². The fraction of sp³-hybridized carbons (Fsp3) is 0.783. The highest BCUT2D eigenvalue weighted by molar-refractivity contribution is 7.90. The van der Waals surface area contributed by atoms with Crippen LogP contribution >= 0.6 is 0 Å². The fourth-order valence-electron chi connectivity index (χ4n) is 3.80. The summed E-state index contributed by atoms with van der Waals surface area (Å²) >= 11 is 0. The molecule has 216 valence electrons. The van der Waals surface area contributed by atoms with Crippen molar-refractivity contribution >= 4 is 32.7 Å². The Morgan fingerprint density at radius 2 is 1.71 bits per heavy atom. The highest BCUT2D eigenvalue weighted by Gasteiger charge is 2.67. The van der Waals surface area contributed by atoms with Gasteiger partial charge in [-0.3, -0.25) is 0 Å². The van der Waals surface area contributed by atoms with E-state index >= 15 is 0 Å². The molecule has 0 saturated carbocycles. The highest BCUT2D eigenvalue weighted by Crippen LogP contribution is 2.52. The van der Waals surface area contributed by atoms with Crippen LogP contribution in [-0.2, 0) is 32.6 Å². The van der Waals surface area contributed by atoms with E-state index < -0.39 is 56.8 Å². The first-order valence-corrected chi connectivity index (χ1v) is 19.8. The minimum atomic E-state index is -4.14. The molecule has 2 aliphatic heterocycles. The van der Waals surface area contributed by atoms with Crippen LogP contribution in [0, 0.1) is 0 Å². The van der Waals surface area contributed by atoms with Crippen LogP contribution in [-0.4, -0.2) is 77.5 Å². The SMILES string of the molecule is COC(=O)c1cn([C@@H]2O[C@H](CO[Si](C)(C)C(C)(C)C)[C@@]3(OS(=O)(=O)C=C3N)[C@H]2O[Si](C)(C)C(C)(C)C)nn1. The molecule has 12 nitrogen and oxygen atoms in total. The zero-order valence-corrected chi connectivity index (χ0v) is 27.0. The van der Waals surface area contributed by atoms with Crippen LogP contribution in [0.5, 0.6) is 0 Å². The van der Waals surface area contributed by atoms with Gasteiger partial charge in [0.2, 0.25) is 0 Å². The summed E-state index contributed by atoms with van der Waals surface area (Å²) in [7, 11) is -7.77. The van der Waals surface area contributed by atoms with Crippen molar-refractivity contribution in [2.75, 3.05) is 13.7 Å². The number of carbonyl (C=O) groups is 1. The van der Waals surface area contributed by atoms with Gasteiger partial charge in [-0.15, -0.1) is 5.10 Å². The normalized spacial score (nSPS) is 28.1. The third-order valence-electron chi connectivity index (χ3n) is 8.24. The maximum atomic E-state index is 12.8. The number of rotatable bonds is 7. The molecule has 0 bridgehead atoms. The molecule has 3 rings (SSSR count). The molecule has 0 unspecified atom stereocenters. The fourth-order valence-corrected chi connectivity index (χ4v) is 7.31. The number of hydrogen-bond donors (Lipinski definition) is 1. The van der Waals surface area contributed by atoms with Gasteiger partial charge in [-0.2, -0.15) is 8.42 Å². The number of ether oxygens (including phenoxy) is 2. The summed E-state index contributed by atoms with van der Waals surface area (Å²) in [6, 6.07) is 0. The van der Waals surface area contributed by atoms with Crippen LogP contribution in [0.3, 0.4) is 0 Å². The lowest BCUT2D eigenvalue weighted by Crippen LogP contribution is -2.59. The van der Waals surface area contributed by atoms with E-state index in [1.165, 1.54) is 18.0 Å². The van der Waals surface area contributed by atoms with E-state index in [2.05, 4.69) is 64.9 Å². The second kappa shape index (κ2) is 9.78. The van der Waals surface area contributed by atoms with Gasteiger partial charge in [0.1, 0.15) is 12.2 Å². The van der Waals surface area contributed by atoms with E-state index in [4.69, 9.17) is 28.2 Å². The average molecular weight is 591 g/mol. The molecular formula is C23H42N4O8SSi2. The molecule has 1 aromatic rings. The number of methoxy groups -OCH3 is 1. The topological polar surface area (TPSA) is 154 Å². The monoisotopic (exact) mass is 590 g/mol. The quantitative estimate of drug-likeness (QED) is 0.283. The second-order valence-corrected chi connectivity index (χ2v) is 23.9. The number of aromatic nitrogens is 3. The minimum absolute atomic E-state index is 0.00691. The molecule has 3 heterocycles. The zero-order chi connectivity index (χ0) is 29.1. The maximum Gasteiger partial charge on any atom is 0.360 e. The molecule has 0 aliphatic carbocycles. The molecule has 38 heavy (non-hydrogen) atoms. The lowest BCUT2D eigenvalue weighted by atomic mass is 9.89. The van der Waals surface area contributed by atoms with E-state index in [1.54, 1.807) is 0 Å². The Hall–Kier alpha value is -1.63. The van der Waals surface area contributed by atoms with E-state index in [0.29, 0.717) is 0 Å². The minimum Gasteiger partial charge on any atom is -0.464 e. The van der Waals surface area contributed by atoms with Crippen molar-refractivity contribution in [3.05, 3.63) is 23.0 Å². The summed E-state index contributed by atoms with van der Waals surface area (Å²) in [5, 5.41) is 8.54. The van der Waals surface area contributed by atoms with Crippen LogP contribution in [0.2, 0.25) is 36.3 Å². The number of nitrogens with zero attached hydrogens (tertiary/aromatic N) is 3. The third-order valence-corrected chi connectivity index (χ3v) is 18.2. The third kappa shape index (κ3) is 5.51. The van der Waals surface area contributed by atoms with Crippen molar-refractivity contribution in [1.82, 2.24) is 15.0 Å². The molecule has 4 atom stereocenters. The van der Waals surface area contributed by atoms with Gasteiger partial charge in [-0.25, -0.2) is 13.7 Å². The molecule has 0 aromatic carbocycles. The Morgan fingerprint density at radius 3 is 2.18 bits per heavy atom. The molecule has 0 radical (unpaired) electrons. The highest BCUT2D eigenvalue weighted by atomic mass is 32.2. The summed E-state index contributed by atoms with van der Waals surface area (Å²) in [4.78, 5) is 12.1. The molecule has 0 amide bonds. The Balaban J connectivity index is 2.16. The van der Waals surface area contributed by atoms with Crippen molar-refractivity contribution in [1.29, 1.82) is 0 Å². The van der Waals surface area contributed by atoms with Crippen molar-refractivity contribution in [3.63, 3.8) is 0 Å². The smallest absolute Gasteiger partial charge is 0.360 e. The summed E-state index contributed by atoms with van der Waals surface area (Å²) in [6.45, 7) is 20.7. The van der Waals surface area contributed by atoms with Gasteiger partial charge in [0.15, 0.2) is 34.2 Å².